The fourth-order valence-corrected chi connectivity index (χ4v) is 2.95. The predicted octanol–water partition coefficient (Wildman–Crippen LogP) is 4.57. The van der Waals surface area contributed by atoms with E-state index < -0.39 is 0 Å². The van der Waals surface area contributed by atoms with Crippen molar-refractivity contribution in [3.05, 3.63) is 35.4 Å². The number of nitrogens with zero attached hydrogens (tertiary/aromatic N) is 1. The van der Waals surface area contributed by atoms with E-state index in [1.807, 2.05) is 0 Å². The number of benzene rings is 1. The van der Waals surface area contributed by atoms with Crippen molar-refractivity contribution in [2.45, 2.75) is 58.3 Å². The number of rotatable bonds is 3. The van der Waals surface area contributed by atoms with Crippen LogP contribution in [-0.4, -0.2) is 24.5 Å². The monoisotopic (exact) mass is 259 g/mol. The van der Waals surface area contributed by atoms with Crippen molar-refractivity contribution >= 4 is 0 Å². The number of hydrogen-bond donors (Lipinski definition) is 0. The third-order valence-electron chi connectivity index (χ3n) is 4.33. The van der Waals surface area contributed by atoms with Gasteiger partial charge in [0.25, 0.3) is 0 Å². The van der Waals surface area contributed by atoms with E-state index in [4.69, 9.17) is 0 Å². The van der Waals surface area contributed by atoms with Gasteiger partial charge in [0.05, 0.1) is 0 Å². The van der Waals surface area contributed by atoms with Gasteiger partial charge >= 0.3 is 0 Å². The summed E-state index contributed by atoms with van der Waals surface area (Å²) in [7, 11) is 0. The van der Waals surface area contributed by atoms with Crippen molar-refractivity contribution in [1.29, 1.82) is 0 Å². The van der Waals surface area contributed by atoms with Crippen LogP contribution in [0, 0.1) is 0 Å². The Balaban J connectivity index is 1.97. The minimum atomic E-state index is 0.259. The van der Waals surface area contributed by atoms with Crippen molar-refractivity contribution in [3.63, 3.8) is 0 Å². The standard InChI is InChI=1S/C18H29N/c1-15(14-19-12-6-5-7-13-19)16-8-10-17(11-9-16)18(2,3)4/h8-11,15H,5-7,12-14H2,1-4H3/t15-/m1/s1. The van der Waals surface area contributed by atoms with E-state index in [0.29, 0.717) is 5.92 Å². The Morgan fingerprint density at radius 3 is 2.11 bits per heavy atom. The zero-order chi connectivity index (χ0) is 13.9. The largest absolute Gasteiger partial charge is 0.303 e. The Kier molecular flexibility index (Phi) is 4.67. The summed E-state index contributed by atoms with van der Waals surface area (Å²) in [5, 5.41) is 0. The molecule has 1 fully saturated rings. The lowest BCUT2D eigenvalue weighted by Gasteiger charge is -2.29. The first-order valence-corrected chi connectivity index (χ1v) is 7.79. The van der Waals surface area contributed by atoms with E-state index in [2.05, 4.69) is 56.9 Å². The Bertz CT molecular complexity index is 379. The first kappa shape index (κ1) is 14.6. The smallest absolute Gasteiger partial charge is 0.00476 e. The van der Waals surface area contributed by atoms with Crippen molar-refractivity contribution in [2.75, 3.05) is 19.6 Å². The van der Waals surface area contributed by atoms with E-state index in [0.717, 1.165) is 0 Å². The second-order valence-electron chi connectivity index (χ2n) is 7.13. The summed E-state index contributed by atoms with van der Waals surface area (Å²) in [6, 6.07) is 9.27. The maximum atomic E-state index is 2.63. The van der Waals surface area contributed by atoms with E-state index in [1.165, 1.54) is 50.0 Å². The van der Waals surface area contributed by atoms with Crippen molar-refractivity contribution < 1.29 is 0 Å². The van der Waals surface area contributed by atoms with Gasteiger partial charge in [-0.15, -0.1) is 0 Å². The molecule has 1 aliphatic heterocycles. The summed E-state index contributed by atoms with van der Waals surface area (Å²) in [4.78, 5) is 2.63. The molecule has 0 saturated carbocycles. The number of piperidine rings is 1. The van der Waals surface area contributed by atoms with Gasteiger partial charge in [-0.2, -0.15) is 0 Å². The minimum Gasteiger partial charge on any atom is -0.303 e. The fourth-order valence-electron chi connectivity index (χ4n) is 2.95. The van der Waals surface area contributed by atoms with Crippen molar-refractivity contribution in [2.24, 2.45) is 0 Å². The number of hydrogen-bond acceptors (Lipinski definition) is 1. The van der Waals surface area contributed by atoms with Crippen molar-refractivity contribution in [1.82, 2.24) is 4.90 Å². The zero-order valence-electron chi connectivity index (χ0n) is 13.1. The molecule has 1 nitrogen and oxygen atoms in total. The molecule has 0 bridgehead atoms. The van der Waals surface area contributed by atoms with Gasteiger partial charge in [-0.25, -0.2) is 0 Å². The minimum absolute atomic E-state index is 0.259. The van der Waals surface area contributed by atoms with Crippen LogP contribution >= 0.6 is 0 Å². The SMILES string of the molecule is C[C@H](CN1CCCCC1)c1ccc(C(C)(C)C)cc1. The summed E-state index contributed by atoms with van der Waals surface area (Å²) < 4.78 is 0. The molecule has 2 rings (SSSR count). The molecule has 1 heterocycles. The summed E-state index contributed by atoms with van der Waals surface area (Å²) >= 11 is 0. The van der Waals surface area contributed by atoms with Gasteiger partial charge in [-0.3, -0.25) is 0 Å². The summed E-state index contributed by atoms with van der Waals surface area (Å²) in [6.07, 6.45) is 4.19. The van der Waals surface area contributed by atoms with E-state index in [9.17, 15) is 0 Å². The highest BCUT2D eigenvalue weighted by atomic mass is 15.1. The van der Waals surface area contributed by atoms with Crippen LogP contribution in [0.15, 0.2) is 24.3 Å². The lowest BCUT2D eigenvalue weighted by Crippen LogP contribution is -2.32. The van der Waals surface area contributed by atoms with Crippen LogP contribution < -0.4 is 0 Å². The molecule has 1 aliphatic rings. The summed E-state index contributed by atoms with van der Waals surface area (Å²) in [5.74, 6) is 0.645. The molecular formula is C18H29N. The molecule has 1 atom stereocenters. The molecule has 1 heteroatoms. The van der Waals surface area contributed by atoms with E-state index >= 15 is 0 Å². The predicted molar refractivity (Wildman–Crippen MR) is 83.8 cm³/mol. The Hall–Kier alpha value is -0.820. The first-order valence-electron chi connectivity index (χ1n) is 7.79. The molecule has 0 radical (unpaired) electrons. The van der Waals surface area contributed by atoms with Gasteiger partial charge in [-0.05, 0) is 48.4 Å². The van der Waals surface area contributed by atoms with E-state index in [1.54, 1.807) is 0 Å². The summed E-state index contributed by atoms with van der Waals surface area (Å²) in [5.41, 5.74) is 3.18. The Labute approximate surface area is 119 Å². The molecule has 0 aromatic heterocycles. The highest BCUT2D eigenvalue weighted by Gasteiger charge is 2.16. The van der Waals surface area contributed by atoms with Crippen LogP contribution in [-0.2, 0) is 5.41 Å². The number of likely N-dealkylation sites (tertiary alicyclic amines) is 1. The normalized spacial score (nSPS) is 19.4. The second-order valence-corrected chi connectivity index (χ2v) is 7.13. The topological polar surface area (TPSA) is 3.24 Å². The third-order valence-corrected chi connectivity index (χ3v) is 4.33. The second kappa shape index (κ2) is 6.09. The van der Waals surface area contributed by atoms with Crippen molar-refractivity contribution in [3.8, 4) is 0 Å². The molecule has 0 spiro atoms. The van der Waals surface area contributed by atoms with Crippen LogP contribution in [0.5, 0.6) is 0 Å². The molecule has 1 aromatic carbocycles. The quantitative estimate of drug-likeness (QED) is 0.768. The lowest BCUT2D eigenvalue weighted by molar-refractivity contribution is 0.219. The molecule has 0 unspecified atom stereocenters. The molecule has 1 aromatic rings. The van der Waals surface area contributed by atoms with Crippen LogP contribution in [0.25, 0.3) is 0 Å². The van der Waals surface area contributed by atoms with Gasteiger partial charge < -0.3 is 4.90 Å². The molecule has 106 valence electrons. The van der Waals surface area contributed by atoms with Crippen LogP contribution in [0.3, 0.4) is 0 Å². The highest BCUT2D eigenvalue weighted by molar-refractivity contribution is 5.29. The van der Waals surface area contributed by atoms with Crippen LogP contribution in [0.1, 0.15) is 64.0 Å². The maximum Gasteiger partial charge on any atom is 0.00476 e. The third kappa shape index (κ3) is 4.07. The maximum absolute atomic E-state index is 2.63. The van der Waals surface area contributed by atoms with Gasteiger partial charge in [0.15, 0.2) is 0 Å². The highest BCUT2D eigenvalue weighted by Crippen LogP contribution is 2.25. The molecule has 0 amide bonds. The lowest BCUT2D eigenvalue weighted by atomic mass is 9.85. The summed E-state index contributed by atoms with van der Waals surface area (Å²) in [6.45, 7) is 13.0. The first-order chi connectivity index (χ1) is 8.97. The van der Waals surface area contributed by atoms with Gasteiger partial charge in [-0.1, -0.05) is 58.4 Å². The molecule has 0 N–H and O–H groups in total. The average Bonchev–Trinajstić information content (AvgIpc) is 2.39. The van der Waals surface area contributed by atoms with Gasteiger partial charge in [0, 0.05) is 6.54 Å². The van der Waals surface area contributed by atoms with Gasteiger partial charge in [0.1, 0.15) is 0 Å². The Morgan fingerprint density at radius 2 is 1.58 bits per heavy atom. The zero-order valence-corrected chi connectivity index (χ0v) is 13.1. The molecule has 1 saturated heterocycles. The van der Waals surface area contributed by atoms with Crippen LogP contribution in [0.2, 0.25) is 0 Å². The Morgan fingerprint density at radius 1 is 1.00 bits per heavy atom. The van der Waals surface area contributed by atoms with E-state index in [-0.39, 0.29) is 5.41 Å². The van der Waals surface area contributed by atoms with Gasteiger partial charge in [0.2, 0.25) is 0 Å². The van der Waals surface area contributed by atoms with Crippen LogP contribution in [0.4, 0.5) is 0 Å². The molecular weight excluding hydrogens is 230 g/mol. The fraction of sp³-hybridized carbons (Fsp3) is 0.667. The molecule has 19 heavy (non-hydrogen) atoms. The molecule has 0 aliphatic carbocycles. The average molecular weight is 259 g/mol.